The van der Waals surface area contributed by atoms with E-state index in [0.29, 0.717) is 5.56 Å². The molecule has 4 N–H and O–H groups in total. The summed E-state index contributed by atoms with van der Waals surface area (Å²) >= 11 is 0. The lowest BCUT2D eigenvalue weighted by atomic mass is 10.0. The van der Waals surface area contributed by atoms with Crippen molar-refractivity contribution in [3.8, 4) is 0 Å². The van der Waals surface area contributed by atoms with Crippen molar-refractivity contribution in [3.63, 3.8) is 0 Å². The Bertz CT molecular complexity index is 1190. The fourth-order valence-corrected chi connectivity index (χ4v) is 6.06. The van der Waals surface area contributed by atoms with Crippen LogP contribution in [0.3, 0.4) is 0 Å². The zero-order valence-corrected chi connectivity index (χ0v) is 22.0. The van der Waals surface area contributed by atoms with Crippen LogP contribution in [-0.2, 0) is 30.5 Å². The molecule has 4 aliphatic rings. The molecule has 7 atom stereocenters. The molecule has 0 spiro atoms. The molecule has 0 unspecified atom stereocenters. The number of piperazine rings is 1. The molecule has 0 saturated carbocycles. The van der Waals surface area contributed by atoms with Crippen molar-refractivity contribution >= 4 is 23.6 Å². The van der Waals surface area contributed by atoms with Gasteiger partial charge < -0.3 is 35.4 Å². The Kier molecular flexibility index (Phi) is 8.04. The summed E-state index contributed by atoms with van der Waals surface area (Å²) in [6.45, 7) is 1.75. The van der Waals surface area contributed by atoms with E-state index in [-0.39, 0.29) is 63.9 Å². The lowest BCUT2D eigenvalue weighted by Crippen LogP contribution is -2.63. The van der Waals surface area contributed by atoms with Crippen LogP contribution in [0.1, 0.15) is 25.3 Å². The molecule has 0 aromatic heterocycles. The molecule has 1 aromatic carbocycles. The average Bonchev–Trinajstić information content (AvgIpc) is 3.42. The first-order valence-electron chi connectivity index (χ1n) is 13.3. The van der Waals surface area contributed by atoms with E-state index in [0.717, 1.165) is 12.1 Å². The molecule has 0 radical (unpaired) electrons. The van der Waals surface area contributed by atoms with Gasteiger partial charge in [0, 0.05) is 45.7 Å². The van der Waals surface area contributed by atoms with Crippen LogP contribution in [0, 0.1) is 11.6 Å². The third-order valence-electron chi connectivity index (χ3n) is 8.15. The van der Waals surface area contributed by atoms with Gasteiger partial charge in [0.15, 0.2) is 11.6 Å². The molecule has 4 fully saturated rings. The Labute approximate surface area is 229 Å². The zero-order chi connectivity index (χ0) is 28.7. The normalized spacial score (nSPS) is 33.6. The maximum absolute atomic E-state index is 13.9. The van der Waals surface area contributed by atoms with Crippen LogP contribution in [0.5, 0.6) is 0 Å². The molecule has 5 rings (SSSR count). The van der Waals surface area contributed by atoms with Crippen LogP contribution >= 0.6 is 0 Å². The van der Waals surface area contributed by atoms with Gasteiger partial charge >= 0.3 is 0 Å². The van der Waals surface area contributed by atoms with Crippen molar-refractivity contribution in [2.75, 3.05) is 32.7 Å². The summed E-state index contributed by atoms with van der Waals surface area (Å²) in [6.07, 6.45) is -4.72. The van der Waals surface area contributed by atoms with E-state index in [4.69, 9.17) is 4.74 Å². The van der Waals surface area contributed by atoms with E-state index >= 15 is 0 Å². The Hall–Kier alpha value is -3.20. The number of amides is 4. The largest absolute Gasteiger partial charge is 0.388 e. The van der Waals surface area contributed by atoms with Gasteiger partial charge in [-0.15, -0.1) is 0 Å². The molecule has 6 bridgehead atoms. The van der Waals surface area contributed by atoms with Crippen LogP contribution in [0.25, 0.3) is 0 Å². The minimum Gasteiger partial charge on any atom is -0.388 e. The summed E-state index contributed by atoms with van der Waals surface area (Å²) in [5, 5.41) is 26.4. The number of hydrogen-bond donors (Lipinski definition) is 4. The summed E-state index contributed by atoms with van der Waals surface area (Å²) in [5.41, 5.74) is 0.440. The summed E-state index contributed by atoms with van der Waals surface area (Å²) in [7, 11) is 0. The van der Waals surface area contributed by atoms with Gasteiger partial charge in [0.2, 0.25) is 23.6 Å². The number of nitrogens with zero attached hydrogens (tertiary/aromatic N) is 3. The highest BCUT2D eigenvalue weighted by molar-refractivity contribution is 5.89. The third-order valence-corrected chi connectivity index (χ3v) is 8.15. The van der Waals surface area contributed by atoms with Crippen LogP contribution in [0.2, 0.25) is 0 Å². The summed E-state index contributed by atoms with van der Waals surface area (Å²) < 4.78 is 33.1. The second-order valence-electron chi connectivity index (χ2n) is 10.8. The summed E-state index contributed by atoms with van der Waals surface area (Å²) in [4.78, 5) is 56.8. The second-order valence-corrected chi connectivity index (χ2v) is 10.8. The van der Waals surface area contributed by atoms with E-state index < -0.39 is 66.0 Å². The quantitative estimate of drug-likeness (QED) is 0.325. The molecule has 40 heavy (non-hydrogen) atoms. The summed E-state index contributed by atoms with van der Waals surface area (Å²) in [6, 6.07) is 1.30. The lowest BCUT2D eigenvalue weighted by molar-refractivity contribution is -0.149. The van der Waals surface area contributed by atoms with Crippen molar-refractivity contribution < 1.29 is 42.9 Å². The number of benzene rings is 1. The number of aliphatic hydroxyl groups is 2. The van der Waals surface area contributed by atoms with Gasteiger partial charge in [-0.25, -0.2) is 8.78 Å². The maximum atomic E-state index is 13.9. The number of aliphatic hydroxyl groups excluding tert-OH is 2. The SMILES string of the molecule is CC(=O)N1CCN2C[C@H]1C(=O)NC[C@H]1O[C@@H](CC(=O)N[C@H]3C[C@@H](C2=O)N(Cc2ccc(F)c(F)c2)C3)[C@H](O)[C@@H]1O. The van der Waals surface area contributed by atoms with Crippen LogP contribution in [-0.4, -0.2) is 124 Å². The molecule has 4 saturated heterocycles. The molecular weight excluding hydrogens is 532 g/mol. The molecule has 218 valence electrons. The van der Waals surface area contributed by atoms with E-state index in [9.17, 15) is 38.2 Å². The van der Waals surface area contributed by atoms with Gasteiger partial charge in [-0.05, 0) is 24.1 Å². The van der Waals surface area contributed by atoms with Gasteiger partial charge in [-0.2, -0.15) is 0 Å². The molecule has 1 aromatic rings. The van der Waals surface area contributed by atoms with Crippen LogP contribution in [0.4, 0.5) is 8.78 Å². The van der Waals surface area contributed by atoms with Crippen LogP contribution in [0.15, 0.2) is 18.2 Å². The molecule has 12 nitrogen and oxygen atoms in total. The minimum atomic E-state index is -1.36. The van der Waals surface area contributed by atoms with Gasteiger partial charge in [0.1, 0.15) is 24.4 Å². The van der Waals surface area contributed by atoms with Gasteiger partial charge in [-0.1, -0.05) is 6.07 Å². The third kappa shape index (κ3) is 5.66. The van der Waals surface area contributed by atoms with E-state index in [1.54, 1.807) is 4.90 Å². The predicted octanol–water partition coefficient (Wildman–Crippen LogP) is -1.91. The number of likely N-dealkylation sites (tertiary alicyclic amines) is 1. The van der Waals surface area contributed by atoms with Crippen molar-refractivity contribution in [2.45, 2.75) is 68.9 Å². The number of nitrogens with one attached hydrogen (secondary N) is 2. The van der Waals surface area contributed by atoms with Gasteiger partial charge in [-0.3, -0.25) is 24.1 Å². The van der Waals surface area contributed by atoms with Crippen molar-refractivity contribution in [1.82, 2.24) is 25.3 Å². The molecule has 4 amide bonds. The Balaban J connectivity index is 1.43. The summed E-state index contributed by atoms with van der Waals surface area (Å²) in [5.74, 6) is -3.64. The van der Waals surface area contributed by atoms with Crippen molar-refractivity contribution in [2.24, 2.45) is 0 Å². The maximum Gasteiger partial charge on any atom is 0.244 e. The molecule has 4 aliphatic heterocycles. The number of carbonyl (C=O) groups is 4. The molecule has 4 heterocycles. The second kappa shape index (κ2) is 11.4. The Morgan fingerprint density at radius 2 is 1.80 bits per heavy atom. The van der Waals surface area contributed by atoms with Crippen molar-refractivity contribution in [1.29, 1.82) is 0 Å². The highest BCUT2D eigenvalue weighted by atomic mass is 19.2. The van der Waals surface area contributed by atoms with Crippen LogP contribution < -0.4 is 10.6 Å². The van der Waals surface area contributed by atoms with E-state index in [1.165, 1.54) is 22.8 Å². The number of carbonyl (C=O) groups excluding carboxylic acids is 4. The number of hydrogen-bond acceptors (Lipinski definition) is 8. The molecular formula is C26H33F2N5O7. The first kappa shape index (κ1) is 28.3. The topological polar surface area (TPSA) is 152 Å². The van der Waals surface area contributed by atoms with E-state index in [1.807, 2.05) is 0 Å². The first-order chi connectivity index (χ1) is 19.0. The average molecular weight is 566 g/mol. The lowest BCUT2D eigenvalue weighted by Gasteiger charge is -2.41. The molecule has 14 heteroatoms. The number of rotatable bonds is 2. The Morgan fingerprint density at radius 1 is 1.05 bits per heavy atom. The highest BCUT2D eigenvalue weighted by Gasteiger charge is 2.46. The number of halogens is 2. The highest BCUT2D eigenvalue weighted by Crippen LogP contribution is 2.27. The van der Waals surface area contributed by atoms with E-state index in [2.05, 4.69) is 10.6 Å². The fourth-order valence-electron chi connectivity index (χ4n) is 6.06. The fraction of sp³-hybridized carbons (Fsp3) is 0.615. The smallest absolute Gasteiger partial charge is 0.244 e. The zero-order valence-electron chi connectivity index (χ0n) is 22.0. The minimum absolute atomic E-state index is 0.0733. The monoisotopic (exact) mass is 565 g/mol. The first-order valence-corrected chi connectivity index (χ1v) is 13.3. The number of fused-ring (bicyclic) bond motifs is 6. The van der Waals surface area contributed by atoms with Crippen molar-refractivity contribution in [3.05, 3.63) is 35.4 Å². The van der Waals surface area contributed by atoms with Gasteiger partial charge in [0.05, 0.1) is 25.1 Å². The van der Waals surface area contributed by atoms with Gasteiger partial charge in [0.25, 0.3) is 0 Å². The predicted molar refractivity (Wildman–Crippen MR) is 133 cm³/mol. The molecule has 0 aliphatic carbocycles. The number of ether oxygens (including phenoxy) is 1. The standard InChI is InChI=1S/C26H33F2N5O7/c1-13(34)33-5-4-31-12-19(33)25(38)29-9-21-24(37)23(36)20(40-21)8-22(35)30-15-7-18(26(31)39)32(11-15)10-14-2-3-16(27)17(28)6-14/h2-3,6,15,18-21,23-24,36-37H,4-5,7-12H2,1H3,(H,29,38)(H,30,35)/t15-,18-,19-,20-,21+,23-,24+/m0/s1. The Morgan fingerprint density at radius 3 is 2.52 bits per heavy atom.